The van der Waals surface area contributed by atoms with E-state index >= 15 is 0 Å². The van der Waals surface area contributed by atoms with Crippen molar-refractivity contribution in [2.45, 2.75) is 25.7 Å². The molecular formula is C9H16N2OS2. The van der Waals surface area contributed by atoms with Crippen molar-refractivity contribution in [2.24, 2.45) is 5.73 Å². The first kappa shape index (κ1) is 11.9. The van der Waals surface area contributed by atoms with Crippen LogP contribution in [0.3, 0.4) is 0 Å². The van der Waals surface area contributed by atoms with Crippen molar-refractivity contribution in [1.82, 2.24) is 4.90 Å². The Morgan fingerprint density at radius 3 is 2.86 bits per heavy atom. The highest BCUT2D eigenvalue weighted by Gasteiger charge is 2.22. The molecule has 1 rings (SSSR count). The number of carbonyl (C=O) groups excluding carboxylic acids is 1. The van der Waals surface area contributed by atoms with E-state index in [1.807, 2.05) is 0 Å². The van der Waals surface area contributed by atoms with Crippen LogP contribution in [0, 0.1) is 0 Å². The van der Waals surface area contributed by atoms with Gasteiger partial charge < -0.3 is 5.73 Å². The number of thiocarbonyl (C=S) groups is 1. The van der Waals surface area contributed by atoms with Crippen molar-refractivity contribution in [3.05, 3.63) is 0 Å². The minimum absolute atomic E-state index is 0.178. The van der Waals surface area contributed by atoms with Gasteiger partial charge in [0.25, 0.3) is 0 Å². The zero-order chi connectivity index (χ0) is 10.4. The second-order valence-corrected chi connectivity index (χ2v) is 4.99. The molecule has 0 aromatic carbocycles. The fourth-order valence-corrected chi connectivity index (χ4v) is 2.59. The first-order valence-corrected chi connectivity index (χ1v) is 6.32. The molecule has 0 aliphatic carbocycles. The number of unbranched alkanes of at least 4 members (excludes halogenated alkanes) is 2. The minimum Gasteiger partial charge on any atom is -0.330 e. The first-order chi connectivity index (χ1) is 6.75. The third kappa shape index (κ3) is 3.55. The predicted octanol–water partition coefficient (Wildman–Crippen LogP) is 1.37. The van der Waals surface area contributed by atoms with Crippen LogP contribution in [0.15, 0.2) is 0 Å². The van der Waals surface area contributed by atoms with Gasteiger partial charge in [0.2, 0.25) is 5.91 Å². The Hall–Kier alpha value is -0.130. The number of carbonyl (C=O) groups is 1. The molecule has 80 valence electrons. The maximum absolute atomic E-state index is 11.6. The lowest BCUT2D eigenvalue weighted by molar-refractivity contribution is -0.126. The van der Waals surface area contributed by atoms with Crippen molar-refractivity contribution in [3.8, 4) is 0 Å². The third-order valence-electron chi connectivity index (χ3n) is 2.16. The van der Waals surface area contributed by atoms with E-state index in [9.17, 15) is 4.79 Å². The highest BCUT2D eigenvalue weighted by Crippen LogP contribution is 2.19. The van der Waals surface area contributed by atoms with Gasteiger partial charge in [-0.05, 0) is 19.4 Å². The van der Waals surface area contributed by atoms with Crippen LogP contribution in [0.2, 0.25) is 0 Å². The largest absolute Gasteiger partial charge is 0.330 e. The Morgan fingerprint density at radius 1 is 1.50 bits per heavy atom. The van der Waals surface area contributed by atoms with Gasteiger partial charge in [0.15, 0.2) is 0 Å². The quantitative estimate of drug-likeness (QED) is 0.574. The molecule has 5 heteroatoms. The number of nitrogens with two attached hydrogens (primary N) is 1. The van der Waals surface area contributed by atoms with Gasteiger partial charge in [-0.3, -0.25) is 9.69 Å². The minimum atomic E-state index is 0.178. The average Bonchev–Trinajstić information content (AvgIpc) is 2.59. The predicted molar refractivity (Wildman–Crippen MR) is 64.3 cm³/mol. The third-order valence-corrected chi connectivity index (χ3v) is 3.58. The molecule has 1 amide bonds. The standard InChI is InChI=1S/C9H16N2OS2/c10-5-3-1-2-4-8(12)11-6-7-14-9(11)13/h1-7,10H2. The summed E-state index contributed by atoms with van der Waals surface area (Å²) >= 11 is 6.66. The zero-order valence-corrected chi connectivity index (χ0v) is 9.83. The number of amides is 1. The Balaban J connectivity index is 2.18. The van der Waals surface area contributed by atoms with Crippen LogP contribution in [-0.4, -0.2) is 34.0 Å². The molecule has 0 aromatic heterocycles. The Morgan fingerprint density at radius 2 is 2.29 bits per heavy atom. The number of rotatable bonds is 5. The fraction of sp³-hybridized carbons (Fsp3) is 0.778. The number of hydrogen-bond donors (Lipinski definition) is 1. The highest BCUT2D eigenvalue weighted by molar-refractivity contribution is 8.23. The summed E-state index contributed by atoms with van der Waals surface area (Å²) in [5.74, 6) is 1.13. The molecule has 3 nitrogen and oxygen atoms in total. The molecule has 0 radical (unpaired) electrons. The van der Waals surface area contributed by atoms with Gasteiger partial charge in [0.1, 0.15) is 4.32 Å². The summed E-state index contributed by atoms with van der Waals surface area (Å²) < 4.78 is 0.744. The van der Waals surface area contributed by atoms with Crippen LogP contribution < -0.4 is 5.73 Å². The Labute approximate surface area is 94.4 Å². The second kappa shape index (κ2) is 6.37. The van der Waals surface area contributed by atoms with E-state index in [2.05, 4.69) is 0 Å². The van der Waals surface area contributed by atoms with E-state index in [0.29, 0.717) is 13.0 Å². The smallest absolute Gasteiger partial charge is 0.228 e. The summed E-state index contributed by atoms with van der Waals surface area (Å²) in [6.07, 6.45) is 3.59. The molecule has 14 heavy (non-hydrogen) atoms. The van der Waals surface area contributed by atoms with Crippen LogP contribution >= 0.6 is 24.0 Å². The topological polar surface area (TPSA) is 46.3 Å². The van der Waals surface area contributed by atoms with E-state index in [0.717, 1.165) is 35.9 Å². The fourth-order valence-electron chi connectivity index (χ4n) is 1.35. The molecule has 1 saturated heterocycles. The Bertz CT molecular complexity index is 221. The molecule has 1 fully saturated rings. The summed E-state index contributed by atoms with van der Waals surface area (Å²) in [6.45, 7) is 1.51. The van der Waals surface area contributed by atoms with E-state index in [4.69, 9.17) is 18.0 Å². The monoisotopic (exact) mass is 232 g/mol. The van der Waals surface area contributed by atoms with Crippen LogP contribution in [0.1, 0.15) is 25.7 Å². The summed E-state index contributed by atoms with van der Waals surface area (Å²) in [4.78, 5) is 13.3. The highest BCUT2D eigenvalue weighted by atomic mass is 32.2. The molecule has 0 unspecified atom stereocenters. The van der Waals surface area contributed by atoms with Crippen molar-refractivity contribution < 1.29 is 4.79 Å². The average molecular weight is 232 g/mol. The molecule has 0 bridgehead atoms. The molecule has 0 saturated carbocycles. The molecule has 0 atom stereocenters. The van der Waals surface area contributed by atoms with Crippen LogP contribution in [-0.2, 0) is 4.79 Å². The maximum atomic E-state index is 11.6. The van der Waals surface area contributed by atoms with Gasteiger partial charge in [-0.25, -0.2) is 0 Å². The van der Waals surface area contributed by atoms with Gasteiger partial charge in [0.05, 0.1) is 0 Å². The van der Waals surface area contributed by atoms with E-state index in [-0.39, 0.29) is 5.91 Å². The summed E-state index contributed by atoms with van der Waals surface area (Å²) in [6, 6.07) is 0. The van der Waals surface area contributed by atoms with E-state index in [1.165, 1.54) is 0 Å². The summed E-state index contributed by atoms with van der Waals surface area (Å²) in [5, 5.41) is 0. The van der Waals surface area contributed by atoms with Crippen molar-refractivity contribution in [2.75, 3.05) is 18.8 Å². The van der Waals surface area contributed by atoms with Gasteiger partial charge in [0, 0.05) is 18.7 Å². The van der Waals surface area contributed by atoms with E-state index < -0.39 is 0 Å². The number of hydrogen-bond acceptors (Lipinski definition) is 4. The van der Waals surface area contributed by atoms with Crippen LogP contribution in [0.5, 0.6) is 0 Å². The molecule has 0 aromatic rings. The van der Waals surface area contributed by atoms with Crippen molar-refractivity contribution >= 4 is 34.2 Å². The SMILES string of the molecule is NCCCCCC(=O)N1CCSC1=S. The molecule has 1 heterocycles. The lowest BCUT2D eigenvalue weighted by atomic mass is 10.2. The Kier molecular flexibility index (Phi) is 5.44. The summed E-state index contributed by atoms with van der Waals surface area (Å²) in [7, 11) is 0. The maximum Gasteiger partial charge on any atom is 0.228 e. The normalized spacial score (nSPS) is 16.4. The number of thioether (sulfide) groups is 1. The lowest BCUT2D eigenvalue weighted by Crippen LogP contribution is -2.30. The van der Waals surface area contributed by atoms with Gasteiger partial charge in [-0.15, -0.1) is 0 Å². The number of nitrogens with zero attached hydrogens (tertiary/aromatic N) is 1. The van der Waals surface area contributed by atoms with Crippen LogP contribution in [0.4, 0.5) is 0 Å². The summed E-state index contributed by atoms with van der Waals surface area (Å²) in [5.41, 5.74) is 5.37. The lowest BCUT2D eigenvalue weighted by Gasteiger charge is -2.14. The van der Waals surface area contributed by atoms with Gasteiger partial charge in [-0.2, -0.15) is 0 Å². The molecule has 1 aliphatic rings. The first-order valence-electron chi connectivity index (χ1n) is 4.93. The van der Waals surface area contributed by atoms with Crippen molar-refractivity contribution in [1.29, 1.82) is 0 Å². The van der Waals surface area contributed by atoms with Gasteiger partial charge >= 0.3 is 0 Å². The van der Waals surface area contributed by atoms with Gasteiger partial charge in [-0.1, -0.05) is 30.4 Å². The van der Waals surface area contributed by atoms with Crippen LogP contribution in [0.25, 0.3) is 0 Å². The molecule has 0 spiro atoms. The van der Waals surface area contributed by atoms with Crippen molar-refractivity contribution in [3.63, 3.8) is 0 Å². The zero-order valence-electron chi connectivity index (χ0n) is 8.20. The second-order valence-electron chi connectivity index (χ2n) is 3.26. The molecule has 1 aliphatic heterocycles. The molecule has 2 N–H and O–H groups in total. The van der Waals surface area contributed by atoms with E-state index in [1.54, 1.807) is 16.7 Å². The molecular weight excluding hydrogens is 216 g/mol.